The molecule has 0 amide bonds. The molecule has 2 rings (SSSR count). The van der Waals surface area contributed by atoms with Gasteiger partial charge in [0.1, 0.15) is 5.82 Å². The van der Waals surface area contributed by atoms with Crippen LogP contribution in [0.3, 0.4) is 0 Å². The Balaban J connectivity index is 2.48. The second kappa shape index (κ2) is 3.90. The highest BCUT2D eigenvalue weighted by Crippen LogP contribution is 2.21. The molecular formula is C11H16N4. The SMILES string of the molecule is CNCc1nc(C)c(-c2ccc[nH]2)n1C. The van der Waals surface area contributed by atoms with Gasteiger partial charge < -0.3 is 14.9 Å². The van der Waals surface area contributed by atoms with Gasteiger partial charge in [-0.1, -0.05) is 0 Å². The molecule has 0 unspecified atom stereocenters. The lowest BCUT2D eigenvalue weighted by molar-refractivity contribution is 0.711. The number of aryl methyl sites for hydroxylation is 1. The minimum Gasteiger partial charge on any atom is -0.360 e. The normalized spacial score (nSPS) is 10.9. The molecule has 0 radical (unpaired) electrons. The molecule has 0 aromatic carbocycles. The summed E-state index contributed by atoms with van der Waals surface area (Å²) in [6, 6.07) is 4.06. The van der Waals surface area contributed by atoms with E-state index in [1.54, 1.807) is 0 Å². The minimum atomic E-state index is 0.790. The molecule has 2 aromatic rings. The van der Waals surface area contributed by atoms with E-state index in [-0.39, 0.29) is 0 Å². The number of rotatable bonds is 3. The molecule has 15 heavy (non-hydrogen) atoms. The van der Waals surface area contributed by atoms with E-state index in [2.05, 4.69) is 25.9 Å². The van der Waals surface area contributed by atoms with Gasteiger partial charge in [-0.05, 0) is 26.1 Å². The van der Waals surface area contributed by atoms with Gasteiger partial charge >= 0.3 is 0 Å². The summed E-state index contributed by atoms with van der Waals surface area (Å²) in [5.41, 5.74) is 3.33. The third-order valence-electron chi connectivity index (χ3n) is 2.55. The Hall–Kier alpha value is -1.55. The number of hydrogen-bond acceptors (Lipinski definition) is 2. The van der Waals surface area contributed by atoms with Gasteiger partial charge in [0.2, 0.25) is 0 Å². The largest absolute Gasteiger partial charge is 0.360 e. The molecule has 2 heterocycles. The molecule has 0 bridgehead atoms. The Morgan fingerprint density at radius 3 is 2.93 bits per heavy atom. The molecule has 80 valence electrons. The molecule has 2 N–H and O–H groups in total. The second-order valence-corrected chi connectivity index (χ2v) is 3.64. The average molecular weight is 204 g/mol. The molecule has 4 heteroatoms. The van der Waals surface area contributed by atoms with E-state index in [0.717, 1.165) is 29.5 Å². The summed E-state index contributed by atoms with van der Waals surface area (Å²) < 4.78 is 2.12. The Labute approximate surface area is 89.3 Å². The molecule has 0 atom stereocenters. The van der Waals surface area contributed by atoms with Gasteiger partial charge in [0.15, 0.2) is 0 Å². The van der Waals surface area contributed by atoms with Gasteiger partial charge in [0.05, 0.1) is 23.6 Å². The third-order valence-corrected chi connectivity index (χ3v) is 2.55. The first kappa shape index (κ1) is 9.98. The monoisotopic (exact) mass is 204 g/mol. The zero-order valence-corrected chi connectivity index (χ0v) is 9.33. The highest BCUT2D eigenvalue weighted by molar-refractivity contribution is 5.58. The number of nitrogens with zero attached hydrogens (tertiary/aromatic N) is 2. The maximum Gasteiger partial charge on any atom is 0.123 e. The van der Waals surface area contributed by atoms with Crippen LogP contribution in [0, 0.1) is 6.92 Å². The van der Waals surface area contributed by atoms with Crippen LogP contribution in [0.2, 0.25) is 0 Å². The lowest BCUT2D eigenvalue weighted by atomic mass is 10.2. The number of nitrogens with one attached hydrogen (secondary N) is 2. The topological polar surface area (TPSA) is 45.6 Å². The van der Waals surface area contributed by atoms with Crippen molar-refractivity contribution in [3.63, 3.8) is 0 Å². The molecule has 0 saturated heterocycles. The summed E-state index contributed by atoms with van der Waals surface area (Å²) in [7, 11) is 3.97. The summed E-state index contributed by atoms with van der Waals surface area (Å²) in [6.07, 6.45) is 1.93. The summed E-state index contributed by atoms with van der Waals surface area (Å²) in [6.45, 7) is 2.83. The number of imidazole rings is 1. The molecule has 2 aromatic heterocycles. The van der Waals surface area contributed by atoms with Gasteiger partial charge in [0.25, 0.3) is 0 Å². The van der Waals surface area contributed by atoms with Gasteiger partial charge in [-0.15, -0.1) is 0 Å². The Morgan fingerprint density at radius 1 is 1.53 bits per heavy atom. The van der Waals surface area contributed by atoms with E-state index in [1.807, 2.05) is 33.3 Å². The summed E-state index contributed by atoms with van der Waals surface area (Å²) >= 11 is 0. The Bertz CT molecular complexity index is 439. The first-order valence-electron chi connectivity index (χ1n) is 5.04. The van der Waals surface area contributed by atoms with E-state index in [1.165, 1.54) is 0 Å². The van der Waals surface area contributed by atoms with Crippen molar-refractivity contribution in [1.82, 2.24) is 19.9 Å². The Kier molecular flexibility index (Phi) is 2.60. The van der Waals surface area contributed by atoms with E-state index in [4.69, 9.17) is 0 Å². The number of hydrogen-bond donors (Lipinski definition) is 2. The third kappa shape index (κ3) is 1.68. The second-order valence-electron chi connectivity index (χ2n) is 3.64. The smallest absolute Gasteiger partial charge is 0.123 e. The van der Waals surface area contributed by atoms with Crippen LogP contribution in [0.5, 0.6) is 0 Å². The maximum absolute atomic E-state index is 4.54. The van der Waals surface area contributed by atoms with Crippen LogP contribution in [0.15, 0.2) is 18.3 Å². The molecule has 0 aliphatic carbocycles. The van der Waals surface area contributed by atoms with E-state index >= 15 is 0 Å². The highest BCUT2D eigenvalue weighted by Gasteiger charge is 2.12. The van der Waals surface area contributed by atoms with Crippen molar-refractivity contribution in [1.29, 1.82) is 0 Å². The predicted molar refractivity (Wildman–Crippen MR) is 60.5 cm³/mol. The molecular weight excluding hydrogens is 188 g/mol. The van der Waals surface area contributed by atoms with Crippen LogP contribution in [0.1, 0.15) is 11.5 Å². The van der Waals surface area contributed by atoms with Crippen molar-refractivity contribution < 1.29 is 0 Å². The van der Waals surface area contributed by atoms with E-state index in [0.29, 0.717) is 0 Å². The molecule has 4 nitrogen and oxygen atoms in total. The Morgan fingerprint density at radius 2 is 2.33 bits per heavy atom. The quantitative estimate of drug-likeness (QED) is 0.794. The first-order chi connectivity index (χ1) is 7.24. The predicted octanol–water partition coefficient (Wildman–Crippen LogP) is 1.44. The fourth-order valence-electron chi connectivity index (χ4n) is 1.86. The fourth-order valence-corrected chi connectivity index (χ4v) is 1.86. The van der Waals surface area contributed by atoms with Crippen LogP contribution in [-0.4, -0.2) is 21.6 Å². The van der Waals surface area contributed by atoms with Crippen molar-refractivity contribution in [2.45, 2.75) is 13.5 Å². The summed E-state index contributed by atoms with van der Waals surface area (Å²) in [5, 5.41) is 3.12. The number of H-pyrrole nitrogens is 1. The van der Waals surface area contributed by atoms with Crippen LogP contribution in [0.4, 0.5) is 0 Å². The lowest BCUT2D eigenvalue weighted by Gasteiger charge is -2.04. The van der Waals surface area contributed by atoms with Crippen LogP contribution in [-0.2, 0) is 13.6 Å². The molecule has 0 saturated carbocycles. The van der Waals surface area contributed by atoms with E-state index < -0.39 is 0 Å². The molecule has 0 aliphatic rings. The fraction of sp³-hybridized carbons (Fsp3) is 0.364. The molecule has 0 aliphatic heterocycles. The van der Waals surface area contributed by atoms with Gasteiger partial charge in [-0.3, -0.25) is 0 Å². The maximum atomic E-state index is 4.54. The standard InChI is InChI=1S/C11H16N4/c1-8-11(9-5-4-6-13-9)15(3)10(14-8)7-12-2/h4-6,12-13H,7H2,1-3H3. The molecule has 0 spiro atoms. The molecule has 0 fully saturated rings. The highest BCUT2D eigenvalue weighted by atomic mass is 15.1. The first-order valence-corrected chi connectivity index (χ1v) is 5.04. The zero-order valence-electron chi connectivity index (χ0n) is 9.33. The number of aromatic amines is 1. The van der Waals surface area contributed by atoms with Gasteiger partial charge in [-0.25, -0.2) is 4.98 Å². The summed E-state index contributed by atoms with van der Waals surface area (Å²) in [5.74, 6) is 1.06. The van der Waals surface area contributed by atoms with Crippen molar-refractivity contribution in [2.24, 2.45) is 7.05 Å². The van der Waals surface area contributed by atoms with Crippen molar-refractivity contribution in [2.75, 3.05) is 7.05 Å². The van der Waals surface area contributed by atoms with Crippen LogP contribution < -0.4 is 5.32 Å². The van der Waals surface area contributed by atoms with Crippen molar-refractivity contribution in [3.05, 3.63) is 29.8 Å². The van der Waals surface area contributed by atoms with Gasteiger partial charge in [-0.2, -0.15) is 0 Å². The lowest BCUT2D eigenvalue weighted by Crippen LogP contribution is -2.10. The summed E-state index contributed by atoms with van der Waals surface area (Å²) in [4.78, 5) is 7.75. The van der Waals surface area contributed by atoms with E-state index in [9.17, 15) is 0 Å². The minimum absolute atomic E-state index is 0.790. The van der Waals surface area contributed by atoms with Crippen LogP contribution in [0.25, 0.3) is 11.4 Å². The number of aromatic nitrogens is 3. The average Bonchev–Trinajstić information content (AvgIpc) is 2.77. The van der Waals surface area contributed by atoms with Crippen molar-refractivity contribution >= 4 is 0 Å². The zero-order chi connectivity index (χ0) is 10.8. The van der Waals surface area contributed by atoms with Crippen molar-refractivity contribution in [3.8, 4) is 11.4 Å². The van der Waals surface area contributed by atoms with Gasteiger partial charge in [0, 0.05) is 13.2 Å². The van der Waals surface area contributed by atoms with Crippen LogP contribution >= 0.6 is 0 Å².